The lowest BCUT2D eigenvalue weighted by molar-refractivity contribution is 0.0703. The number of fused-ring (bicyclic) bond motifs is 2. The predicted octanol–water partition coefficient (Wildman–Crippen LogP) is 6.88. The quantitative estimate of drug-likeness (QED) is 0.187. The second-order valence-electron chi connectivity index (χ2n) is 7.29. The number of carbonyl (C=O) groups is 2. The van der Waals surface area contributed by atoms with Crippen molar-refractivity contribution in [1.82, 2.24) is 0 Å². The van der Waals surface area contributed by atoms with E-state index in [2.05, 4.69) is 0 Å². The molecule has 0 saturated heterocycles. The summed E-state index contributed by atoms with van der Waals surface area (Å²) in [7, 11) is 0. The van der Waals surface area contributed by atoms with Crippen LogP contribution in [0, 0.1) is 6.92 Å². The van der Waals surface area contributed by atoms with Crippen LogP contribution in [0.5, 0.6) is 11.5 Å². The Hall–Kier alpha value is -3.54. The highest BCUT2D eigenvalue weighted by Crippen LogP contribution is 2.38. The number of benzene rings is 3. The van der Waals surface area contributed by atoms with Crippen LogP contribution in [0.1, 0.15) is 32.0 Å². The van der Waals surface area contributed by atoms with Gasteiger partial charge in [-0.15, -0.1) is 0 Å². The van der Waals surface area contributed by atoms with Crippen LogP contribution in [0.25, 0.3) is 17.0 Å². The minimum atomic E-state index is -0.671. The van der Waals surface area contributed by atoms with E-state index >= 15 is 0 Å². The molecule has 0 amide bonds. The van der Waals surface area contributed by atoms with Crippen molar-refractivity contribution in [3.8, 4) is 11.5 Å². The standard InChI is InChI=1S/C25H14Cl2O5/c1-13-7-18(30-25(29)22-11-15-10-17(27)5-6-19(15)31-22)12-20-23(13)24(28)21(32-20)9-14-3-2-4-16(26)8-14/h2-12H,1H3/b21-9-. The van der Waals surface area contributed by atoms with Crippen LogP contribution in [0.15, 0.2) is 70.8 Å². The van der Waals surface area contributed by atoms with Crippen molar-refractivity contribution in [2.45, 2.75) is 6.92 Å². The highest BCUT2D eigenvalue weighted by molar-refractivity contribution is 6.31. The molecule has 32 heavy (non-hydrogen) atoms. The van der Waals surface area contributed by atoms with Gasteiger partial charge in [-0.3, -0.25) is 4.79 Å². The first-order valence-corrected chi connectivity index (χ1v) is 10.4. The van der Waals surface area contributed by atoms with Gasteiger partial charge in [0.2, 0.25) is 11.5 Å². The Kier molecular flexibility index (Phi) is 5.00. The highest BCUT2D eigenvalue weighted by atomic mass is 35.5. The third-order valence-corrected chi connectivity index (χ3v) is 5.45. The molecule has 0 N–H and O–H groups in total. The monoisotopic (exact) mass is 464 g/mol. The average Bonchev–Trinajstić information content (AvgIpc) is 3.29. The number of ketones is 1. The summed E-state index contributed by atoms with van der Waals surface area (Å²) < 4.78 is 16.8. The van der Waals surface area contributed by atoms with E-state index in [9.17, 15) is 9.59 Å². The topological polar surface area (TPSA) is 65.7 Å². The first kappa shape index (κ1) is 20.4. The summed E-state index contributed by atoms with van der Waals surface area (Å²) in [5.41, 5.74) is 2.32. The number of halogens is 2. The van der Waals surface area contributed by atoms with E-state index in [1.807, 2.05) is 6.07 Å². The van der Waals surface area contributed by atoms with E-state index in [1.54, 1.807) is 61.5 Å². The average molecular weight is 465 g/mol. The fourth-order valence-electron chi connectivity index (χ4n) is 3.56. The normalized spacial score (nSPS) is 14.0. The number of hydrogen-bond donors (Lipinski definition) is 0. The van der Waals surface area contributed by atoms with Crippen molar-refractivity contribution in [1.29, 1.82) is 0 Å². The summed E-state index contributed by atoms with van der Waals surface area (Å²) in [5.74, 6) is -0.147. The molecule has 1 aliphatic heterocycles. The number of allylic oxidation sites excluding steroid dienone is 1. The fourth-order valence-corrected chi connectivity index (χ4v) is 3.94. The molecule has 1 aliphatic rings. The zero-order chi connectivity index (χ0) is 22.4. The number of furan rings is 1. The maximum absolute atomic E-state index is 12.8. The first-order valence-electron chi connectivity index (χ1n) is 9.63. The molecule has 0 aliphatic carbocycles. The van der Waals surface area contributed by atoms with Gasteiger partial charge in [-0.1, -0.05) is 35.3 Å². The summed E-state index contributed by atoms with van der Waals surface area (Å²) in [4.78, 5) is 25.4. The van der Waals surface area contributed by atoms with E-state index < -0.39 is 5.97 Å². The van der Waals surface area contributed by atoms with Gasteiger partial charge in [0.1, 0.15) is 17.1 Å². The van der Waals surface area contributed by atoms with E-state index in [-0.39, 0.29) is 23.1 Å². The van der Waals surface area contributed by atoms with Gasteiger partial charge in [0.25, 0.3) is 0 Å². The molecule has 0 atom stereocenters. The van der Waals surface area contributed by atoms with Gasteiger partial charge in [-0.25, -0.2) is 4.79 Å². The summed E-state index contributed by atoms with van der Waals surface area (Å²) in [6.45, 7) is 1.75. The minimum absolute atomic E-state index is 0.0407. The third-order valence-electron chi connectivity index (χ3n) is 4.98. The minimum Gasteiger partial charge on any atom is -0.452 e. The molecule has 158 valence electrons. The van der Waals surface area contributed by atoms with Crippen LogP contribution in [-0.4, -0.2) is 11.8 Å². The summed E-state index contributed by atoms with van der Waals surface area (Å²) >= 11 is 12.0. The van der Waals surface area contributed by atoms with Crippen molar-refractivity contribution < 1.29 is 23.5 Å². The Balaban J connectivity index is 1.42. The van der Waals surface area contributed by atoms with Crippen molar-refractivity contribution >= 4 is 52.0 Å². The molecule has 0 unspecified atom stereocenters. The molecule has 5 rings (SSSR count). The van der Waals surface area contributed by atoms with Crippen molar-refractivity contribution in [2.75, 3.05) is 0 Å². The zero-order valence-electron chi connectivity index (χ0n) is 16.6. The number of hydrogen-bond acceptors (Lipinski definition) is 5. The maximum atomic E-state index is 12.8. The highest BCUT2D eigenvalue weighted by Gasteiger charge is 2.30. The van der Waals surface area contributed by atoms with Crippen LogP contribution in [0.2, 0.25) is 10.0 Å². The predicted molar refractivity (Wildman–Crippen MR) is 122 cm³/mol. The number of esters is 1. The van der Waals surface area contributed by atoms with Crippen molar-refractivity contribution in [3.63, 3.8) is 0 Å². The maximum Gasteiger partial charge on any atom is 0.379 e. The Morgan fingerprint density at radius 3 is 2.62 bits per heavy atom. The van der Waals surface area contributed by atoms with Gasteiger partial charge >= 0.3 is 5.97 Å². The smallest absolute Gasteiger partial charge is 0.379 e. The Labute approximate surface area is 192 Å². The molecule has 0 spiro atoms. The molecule has 0 fully saturated rings. The van der Waals surface area contributed by atoms with Crippen molar-refractivity contribution in [2.24, 2.45) is 0 Å². The van der Waals surface area contributed by atoms with Gasteiger partial charge in [0.05, 0.1) is 5.56 Å². The number of aryl methyl sites for hydroxylation is 1. The molecule has 0 radical (unpaired) electrons. The third kappa shape index (κ3) is 3.77. The van der Waals surface area contributed by atoms with Gasteiger partial charge in [-0.05, 0) is 66.6 Å². The van der Waals surface area contributed by atoms with Gasteiger partial charge < -0.3 is 13.9 Å². The molecule has 7 heteroatoms. The Morgan fingerprint density at radius 1 is 1.00 bits per heavy atom. The molecule has 4 aromatic rings. The molecule has 3 aromatic carbocycles. The molecular weight excluding hydrogens is 451 g/mol. The second-order valence-corrected chi connectivity index (χ2v) is 8.16. The van der Waals surface area contributed by atoms with Crippen molar-refractivity contribution in [3.05, 3.63) is 98.9 Å². The Morgan fingerprint density at radius 2 is 1.81 bits per heavy atom. The molecular formula is C25H14Cl2O5. The van der Waals surface area contributed by atoms with Crippen LogP contribution in [0.3, 0.4) is 0 Å². The van der Waals surface area contributed by atoms with Gasteiger partial charge in [0, 0.05) is 21.5 Å². The largest absolute Gasteiger partial charge is 0.452 e. The second kappa shape index (κ2) is 7.86. The van der Waals surface area contributed by atoms with E-state index in [0.29, 0.717) is 37.9 Å². The van der Waals surface area contributed by atoms with Crippen LogP contribution >= 0.6 is 23.2 Å². The van der Waals surface area contributed by atoms with E-state index in [1.165, 1.54) is 6.07 Å². The van der Waals surface area contributed by atoms with E-state index in [4.69, 9.17) is 37.1 Å². The number of rotatable bonds is 3. The SMILES string of the molecule is Cc1cc(OC(=O)c2cc3cc(Cl)ccc3o2)cc2c1C(=O)/C(=C/c1cccc(Cl)c1)O2. The van der Waals surface area contributed by atoms with Crippen LogP contribution < -0.4 is 9.47 Å². The Bertz CT molecular complexity index is 1450. The number of carbonyl (C=O) groups excluding carboxylic acids is 2. The van der Waals surface area contributed by atoms with Crippen LogP contribution in [0.4, 0.5) is 0 Å². The number of ether oxygens (including phenoxy) is 2. The molecule has 1 aromatic heterocycles. The lowest BCUT2D eigenvalue weighted by Gasteiger charge is -2.06. The fraction of sp³-hybridized carbons (Fsp3) is 0.0400. The molecule has 5 nitrogen and oxygen atoms in total. The summed E-state index contributed by atoms with van der Waals surface area (Å²) in [5, 5.41) is 1.79. The summed E-state index contributed by atoms with van der Waals surface area (Å²) in [6.07, 6.45) is 1.62. The molecule has 2 heterocycles. The lowest BCUT2D eigenvalue weighted by Crippen LogP contribution is -2.07. The molecule has 0 bridgehead atoms. The first-order chi connectivity index (χ1) is 15.4. The van der Waals surface area contributed by atoms with Crippen LogP contribution in [-0.2, 0) is 0 Å². The van der Waals surface area contributed by atoms with E-state index in [0.717, 1.165) is 5.56 Å². The molecule has 0 saturated carbocycles. The summed E-state index contributed by atoms with van der Waals surface area (Å²) in [6, 6.07) is 16.8. The zero-order valence-corrected chi connectivity index (χ0v) is 18.2. The van der Waals surface area contributed by atoms with Gasteiger partial charge in [0.15, 0.2) is 5.76 Å². The number of Topliss-reactive ketones (excluding diaryl/α,β-unsaturated/α-hetero) is 1. The lowest BCUT2D eigenvalue weighted by atomic mass is 10.0. The van der Waals surface area contributed by atoms with Gasteiger partial charge in [-0.2, -0.15) is 0 Å².